The van der Waals surface area contributed by atoms with E-state index in [0.29, 0.717) is 48.2 Å². The third-order valence-corrected chi connectivity index (χ3v) is 12.9. The van der Waals surface area contributed by atoms with Crippen LogP contribution in [0, 0.1) is 11.8 Å². The molecule has 4 aliphatic rings. The van der Waals surface area contributed by atoms with Crippen molar-refractivity contribution in [1.29, 1.82) is 0 Å². The van der Waals surface area contributed by atoms with Crippen LogP contribution in [0.1, 0.15) is 90.5 Å². The number of halogens is 3. The van der Waals surface area contributed by atoms with E-state index in [9.17, 15) is 32.3 Å². The highest BCUT2D eigenvalue weighted by molar-refractivity contribution is 6.23. The molecule has 15 heteroatoms. The van der Waals surface area contributed by atoms with Gasteiger partial charge in [0.2, 0.25) is 17.7 Å². The Morgan fingerprint density at radius 2 is 1.62 bits per heavy atom. The molecule has 2 aromatic carbocycles. The predicted molar refractivity (Wildman–Crippen MR) is 220 cm³/mol. The van der Waals surface area contributed by atoms with Crippen molar-refractivity contribution in [2.75, 3.05) is 26.2 Å². The normalized spacial score (nSPS) is 21.2. The molecule has 318 valence electrons. The zero-order valence-electron chi connectivity index (χ0n) is 33.9. The number of aryl methyl sites for hydroxylation is 1. The van der Waals surface area contributed by atoms with Crippen LogP contribution in [0.3, 0.4) is 0 Å². The van der Waals surface area contributed by atoms with Crippen LogP contribution in [-0.2, 0) is 22.8 Å². The summed E-state index contributed by atoms with van der Waals surface area (Å²) in [4.78, 5) is 61.7. The molecule has 3 aliphatic heterocycles. The van der Waals surface area contributed by atoms with Gasteiger partial charge in [-0.3, -0.25) is 34.4 Å². The summed E-state index contributed by atoms with van der Waals surface area (Å²) in [7, 11) is 1.93. The Morgan fingerprint density at radius 1 is 0.820 bits per heavy atom. The topological polar surface area (TPSA) is 136 Å². The van der Waals surface area contributed by atoms with Gasteiger partial charge in [-0.05, 0) is 105 Å². The molecule has 1 saturated carbocycles. The van der Waals surface area contributed by atoms with Gasteiger partial charge in [0.05, 0.1) is 23.3 Å². The SMILES string of the molecule is Cn1c2ccncc2c2ccc(-c3cnc(OC4CC(CN5CCC(CCCCCOc6ccc7c(c6)C(=O)N(C6CCC(=O)NC6=O)C7=O)CC5)C4)c(C(F)(F)F)c3)cc21. The monoisotopic (exact) mass is 836 g/mol. The van der Waals surface area contributed by atoms with Gasteiger partial charge < -0.3 is 18.9 Å². The molecule has 0 radical (unpaired) electrons. The molecule has 5 aromatic rings. The molecule has 2 saturated heterocycles. The number of alkyl halides is 3. The van der Waals surface area contributed by atoms with Crippen LogP contribution >= 0.6 is 0 Å². The van der Waals surface area contributed by atoms with Crippen LogP contribution in [-0.4, -0.2) is 86.4 Å². The minimum absolute atomic E-state index is 0.0681. The quantitative estimate of drug-likeness (QED) is 0.0935. The third-order valence-electron chi connectivity index (χ3n) is 12.9. The molecule has 1 aliphatic carbocycles. The summed E-state index contributed by atoms with van der Waals surface area (Å²) in [6.45, 7) is 3.42. The maximum Gasteiger partial charge on any atom is 0.421 e. The highest BCUT2D eigenvalue weighted by Crippen LogP contribution is 2.41. The Morgan fingerprint density at radius 3 is 2.41 bits per heavy atom. The van der Waals surface area contributed by atoms with Crippen molar-refractivity contribution in [1.82, 2.24) is 29.7 Å². The summed E-state index contributed by atoms with van der Waals surface area (Å²) in [6.07, 6.45) is 7.98. The second-order valence-electron chi connectivity index (χ2n) is 16.9. The van der Waals surface area contributed by atoms with E-state index in [1.165, 1.54) is 6.20 Å². The largest absolute Gasteiger partial charge is 0.494 e. The van der Waals surface area contributed by atoms with Crippen molar-refractivity contribution < 1.29 is 41.8 Å². The number of pyridine rings is 2. The van der Waals surface area contributed by atoms with E-state index < -0.39 is 41.4 Å². The lowest BCUT2D eigenvalue weighted by Gasteiger charge is -2.40. The number of piperidine rings is 2. The van der Waals surface area contributed by atoms with Gasteiger partial charge in [0.1, 0.15) is 23.5 Å². The molecule has 3 fully saturated rings. The Hall–Kier alpha value is -5.83. The minimum atomic E-state index is -4.61. The second kappa shape index (κ2) is 16.6. The fourth-order valence-corrected chi connectivity index (χ4v) is 9.48. The van der Waals surface area contributed by atoms with Crippen molar-refractivity contribution >= 4 is 45.4 Å². The van der Waals surface area contributed by atoms with Gasteiger partial charge in [0, 0.05) is 60.5 Å². The number of carbonyl (C=O) groups excluding carboxylic acids is 4. The highest BCUT2D eigenvalue weighted by Gasteiger charge is 2.45. The summed E-state index contributed by atoms with van der Waals surface area (Å²) in [5.74, 6) is -0.982. The van der Waals surface area contributed by atoms with E-state index in [1.807, 2.05) is 35.9 Å². The molecule has 0 bridgehead atoms. The Labute approximate surface area is 350 Å². The number of ether oxygens (including phenoxy) is 2. The lowest BCUT2D eigenvalue weighted by molar-refractivity contribution is -0.140. The number of benzene rings is 2. The van der Waals surface area contributed by atoms with E-state index >= 15 is 0 Å². The molecule has 9 rings (SSSR count). The maximum absolute atomic E-state index is 14.3. The molecule has 1 atom stereocenters. The van der Waals surface area contributed by atoms with Crippen LogP contribution < -0.4 is 14.8 Å². The van der Waals surface area contributed by atoms with E-state index in [2.05, 4.69) is 20.2 Å². The number of imide groups is 2. The number of unbranched alkanes of at least 4 members (excludes halogenated alkanes) is 2. The standard InChI is InChI=1S/C46H47F3N6O6/c1-53-38-12-15-50-25-36(38)33-8-6-29(22-40(33)53)30-21-37(46(47,48)49)43(51-24-30)61-32-19-28(20-32)26-54-16-13-27(14-17-54)5-3-2-4-18-60-31-7-9-34-35(23-31)45(59)55(44(34)58)39-10-11-41(56)52-42(39)57/h6-9,12,15,21-25,27-28,32,39H,2-5,10-11,13-14,16-20,26H2,1H3,(H,52,56,57). The average molecular weight is 837 g/mol. The molecule has 3 aromatic heterocycles. The van der Waals surface area contributed by atoms with E-state index in [1.54, 1.807) is 30.6 Å². The van der Waals surface area contributed by atoms with Gasteiger partial charge in [-0.25, -0.2) is 4.98 Å². The third kappa shape index (κ3) is 8.19. The fraction of sp³-hybridized carbons (Fsp3) is 0.435. The molecule has 61 heavy (non-hydrogen) atoms. The van der Waals surface area contributed by atoms with Crippen molar-refractivity contribution in [2.24, 2.45) is 18.9 Å². The van der Waals surface area contributed by atoms with E-state index in [4.69, 9.17) is 9.47 Å². The van der Waals surface area contributed by atoms with Crippen LogP contribution in [0.15, 0.2) is 67.1 Å². The molecular weight excluding hydrogens is 790 g/mol. The Bertz CT molecular complexity index is 2520. The first-order valence-corrected chi connectivity index (χ1v) is 21.2. The maximum atomic E-state index is 14.3. The van der Waals surface area contributed by atoms with Crippen molar-refractivity contribution in [3.05, 3.63) is 83.8 Å². The number of carbonyl (C=O) groups is 4. The van der Waals surface area contributed by atoms with Gasteiger partial charge in [-0.15, -0.1) is 0 Å². The van der Waals surface area contributed by atoms with Gasteiger partial charge in [0.15, 0.2) is 0 Å². The highest BCUT2D eigenvalue weighted by atomic mass is 19.4. The fourth-order valence-electron chi connectivity index (χ4n) is 9.48. The molecule has 1 N–H and O–H groups in total. The van der Waals surface area contributed by atoms with Crippen molar-refractivity contribution in [3.8, 4) is 22.8 Å². The number of nitrogens with zero attached hydrogens (tertiary/aromatic N) is 5. The summed E-state index contributed by atoms with van der Waals surface area (Å²) < 4.78 is 56.9. The van der Waals surface area contributed by atoms with Crippen LogP contribution in [0.25, 0.3) is 32.9 Å². The average Bonchev–Trinajstić information content (AvgIpc) is 3.66. The summed E-state index contributed by atoms with van der Waals surface area (Å²) >= 11 is 0. The van der Waals surface area contributed by atoms with E-state index in [-0.39, 0.29) is 36.0 Å². The summed E-state index contributed by atoms with van der Waals surface area (Å²) in [6, 6.07) is 12.5. The summed E-state index contributed by atoms with van der Waals surface area (Å²) in [5.41, 5.74) is 2.49. The number of fused-ring (bicyclic) bond motifs is 4. The molecular formula is C46H47F3N6O6. The van der Waals surface area contributed by atoms with Gasteiger partial charge in [0.25, 0.3) is 11.8 Å². The Balaban J connectivity index is 0.684. The molecule has 4 amide bonds. The van der Waals surface area contributed by atoms with E-state index in [0.717, 1.165) is 90.9 Å². The molecule has 0 spiro atoms. The number of likely N-dealkylation sites (tertiary alicyclic amines) is 1. The lowest BCUT2D eigenvalue weighted by atomic mass is 9.81. The van der Waals surface area contributed by atoms with Gasteiger partial charge in [-0.1, -0.05) is 31.4 Å². The second-order valence-corrected chi connectivity index (χ2v) is 16.9. The number of hydrogen-bond donors (Lipinski definition) is 1. The molecule has 1 unspecified atom stereocenters. The van der Waals surface area contributed by atoms with Crippen molar-refractivity contribution in [2.45, 2.75) is 82.5 Å². The number of nitrogens with one attached hydrogen (secondary N) is 1. The van der Waals surface area contributed by atoms with Crippen LogP contribution in [0.4, 0.5) is 13.2 Å². The predicted octanol–water partition coefficient (Wildman–Crippen LogP) is 7.72. The van der Waals surface area contributed by atoms with Gasteiger partial charge in [-0.2, -0.15) is 13.2 Å². The van der Waals surface area contributed by atoms with Crippen LogP contribution in [0.5, 0.6) is 11.6 Å². The van der Waals surface area contributed by atoms with Gasteiger partial charge >= 0.3 is 6.18 Å². The number of rotatable bonds is 13. The molecule has 6 heterocycles. The first kappa shape index (κ1) is 40.6. The zero-order chi connectivity index (χ0) is 42.4. The van der Waals surface area contributed by atoms with Crippen LogP contribution in [0.2, 0.25) is 0 Å². The zero-order valence-corrected chi connectivity index (χ0v) is 33.9. The Kier molecular flexibility index (Phi) is 11.0. The smallest absolute Gasteiger partial charge is 0.421 e. The number of hydrogen-bond acceptors (Lipinski definition) is 9. The number of aromatic nitrogens is 3. The summed E-state index contributed by atoms with van der Waals surface area (Å²) in [5, 5.41) is 4.18. The lowest BCUT2D eigenvalue weighted by Crippen LogP contribution is -2.54. The number of amides is 4. The van der Waals surface area contributed by atoms with Crippen molar-refractivity contribution in [3.63, 3.8) is 0 Å². The first-order chi connectivity index (χ1) is 29.4. The molecule has 12 nitrogen and oxygen atoms in total. The minimum Gasteiger partial charge on any atom is -0.494 e. The first-order valence-electron chi connectivity index (χ1n) is 21.2.